The Bertz CT molecular complexity index is 624. The lowest BCUT2D eigenvalue weighted by molar-refractivity contribution is -0.142. The average molecular weight is 332 g/mol. The van der Waals surface area contributed by atoms with Crippen LogP contribution >= 0.6 is 0 Å². The third kappa shape index (κ3) is 2.41. The van der Waals surface area contributed by atoms with Crippen LogP contribution in [0.5, 0.6) is 0 Å². The molecule has 2 heterocycles. The van der Waals surface area contributed by atoms with E-state index < -0.39 is 0 Å². The van der Waals surface area contributed by atoms with E-state index in [1.807, 2.05) is 11.0 Å². The largest absolute Gasteiger partial charge is 0.377 e. The number of hydrogen-bond acceptors (Lipinski definition) is 3. The predicted molar refractivity (Wildman–Crippen MR) is 90.4 cm³/mol. The summed E-state index contributed by atoms with van der Waals surface area (Å²) in [6.45, 7) is 2.35. The van der Waals surface area contributed by atoms with Crippen LogP contribution in [0.2, 0.25) is 0 Å². The summed E-state index contributed by atoms with van der Waals surface area (Å²) < 4.78 is 19.3. The van der Waals surface area contributed by atoms with Crippen LogP contribution in [0, 0.1) is 11.7 Å². The molecule has 0 radical (unpaired) electrons. The van der Waals surface area contributed by atoms with E-state index in [0.29, 0.717) is 5.91 Å². The molecule has 3 fully saturated rings. The molecule has 1 aliphatic carbocycles. The maximum absolute atomic E-state index is 13.6. The summed E-state index contributed by atoms with van der Waals surface area (Å²) in [5.41, 5.74) is 0.820. The van der Waals surface area contributed by atoms with Crippen molar-refractivity contribution >= 4 is 11.6 Å². The van der Waals surface area contributed by atoms with E-state index in [-0.39, 0.29) is 23.4 Å². The fourth-order valence-electron chi connectivity index (χ4n) is 4.50. The van der Waals surface area contributed by atoms with Crippen molar-refractivity contribution in [2.45, 2.75) is 43.7 Å². The van der Waals surface area contributed by atoms with Gasteiger partial charge in [-0.15, -0.1) is 0 Å². The maximum atomic E-state index is 13.6. The van der Waals surface area contributed by atoms with Gasteiger partial charge < -0.3 is 14.5 Å². The highest BCUT2D eigenvalue weighted by atomic mass is 19.1. The summed E-state index contributed by atoms with van der Waals surface area (Å²) >= 11 is 0. The van der Waals surface area contributed by atoms with Gasteiger partial charge in [-0.1, -0.05) is 12.5 Å². The first kappa shape index (κ1) is 15.9. The highest BCUT2D eigenvalue weighted by Gasteiger charge is 2.55. The van der Waals surface area contributed by atoms with Crippen LogP contribution in [0.4, 0.5) is 10.1 Å². The summed E-state index contributed by atoms with van der Waals surface area (Å²) in [4.78, 5) is 16.8. The highest BCUT2D eigenvalue weighted by Crippen LogP contribution is 2.45. The van der Waals surface area contributed by atoms with Gasteiger partial charge in [0, 0.05) is 38.3 Å². The Hall–Kier alpha value is -1.62. The number of ether oxygens (including phenoxy) is 1. The van der Waals surface area contributed by atoms with E-state index in [0.717, 1.165) is 51.0 Å². The summed E-state index contributed by atoms with van der Waals surface area (Å²) in [6, 6.07) is 6.79. The molecule has 24 heavy (non-hydrogen) atoms. The molecule has 0 N–H and O–H groups in total. The van der Waals surface area contributed by atoms with Crippen molar-refractivity contribution in [3.8, 4) is 0 Å². The van der Waals surface area contributed by atoms with Gasteiger partial charge in [0.2, 0.25) is 5.91 Å². The van der Waals surface area contributed by atoms with Gasteiger partial charge in [-0.05, 0) is 43.9 Å². The minimum absolute atomic E-state index is 0.0983. The van der Waals surface area contributed by atoms with Gasteiger partial charge in [0.05, 0.1) is 11.6 Å². The van der Waals surface area contributed by atoms with Crippen LogP contribution in [0.25, 0.3) is 0 Å². The van der Waals surface area contributed by atoms with Crippen LogP contribution in [-0.2, 0) is 9.53 Å². The second kappa shape index (κ2) is 6.03. The third-order valence-corrected chi connectivity index (χ3v) is 6.29. The van der Waals surface area contributed by atoms with Crippen molar-refractivity contribution in [3.63, 3.8) is 0 Å². The summed E-state index contributed by atoms with van der Waals surface area (Å²) in [7, 11) is 1.75. The molecule has 1 aromatic rings. The minimum atomic E-state index is -0.207. The van der Waals surface area contributed by atoms with Gasteiger partial charge >= 0.3 is 0 Å². The van der Waals surface area contributed by atoms with Gasteiger partial charge in [-0.3, -0.25) is 4.79 Å². The first-order valence-electron chi connectivity index (χ1n) is 8.99. The molecule has 1 saturated carbocycles. The predicted octanol–water partition coefficient (Wildman–Crippen LogP) is 2.82. The van der Waals surface area contributed by atoms with Crippen LogP contribution in [0.1, 0.15) is 32.1 Å². The smallest absolute Gasteiger partial charge is 0.225 e. The van der Waals surface area contributed by atoms with Gasteiger partial charge in [0.15, 0.2) is 0 Å². The zero-order chi connectivity index (χ0) is 16.7. The molecule has 1 amide bonds. The lowest BCUT2D eigenvalue weighted by Gasteiger charge is -2.62. The number of piperidine rings is 1. The number of benzene rings is 1. The van der Waals surface area contributed by atoms with E-state index >= 15 is 0 Å². The zero-order valence-corrected chi connectivity index (χ0v) is 14.2. The van der Waals surface area contributed by atoms with E-state index in [1.165, 1.54) is 12.5 Å². The number of anilines is 1. The van der Waals surface area contributed by atoms with E-state index in [4.69, 9.17) is 4.74 Å². The average Bonchev–Trinajstić information content (AvgIpc) is 2.53. The lowest BCUT2D eigenvalue weighted by Crippen LogP contribution is -2.74. The van der Waals surface area contributed by atoms with E-state index in [9.17, 15) is 9.18 Å². The minimum Gasteiger partial charge on any atom is -0.377 e. The van der Waals surface area contributed by atoms with Crippen molar-refractivity contribution in [3.05, 3.63) is 30.1 Å². The number of hydrogen-bond donors (Lipinski definition) is 0. The molecule has 4 rings (SSSR count). The fraction of sp³-hybridized carbons (Fsp3) is 0.632. The lowest BCUT2D eigenvalue weighted by atomic mass is 9.72. The Balaban J connectivity index is 1.49. The number of amides is 1. The first-order valence-corrected chi connectivity index (χ1v) is 8.99. The highest BCUT2D eigenvalue weighted by molar-refractivity contribution is 5.79. The number of halogens is 1. The fourth-order valence-corrected chi connectivity index (χ4v) is 4.50. The number of carbonyl (C=O) groups is 1. The molecular weight excluding hydrogens is 307 g/mol. The topological polar surface area (TPSA) is 32.8 Å². The van der Waals surface area contributed by atoms with Crippen LogP contribution < -0.4 is 4.90 Å². The SMILES string of the molecule is COC1CN(c2cccc(F)c2)C12CCN(C(=O)C1CCC1)CC2. The summed E-state index contributed by atoms with van der Waals surface area (Å²) in [6.07, 6.45) is 5.23. The Labute approximate surface area is 142 Å². The van der Waals surface area contributed by atoms with Crippen molar-refractivity contribution in [1.82, 2.24) is 4.90 Å². The molecule has 0 aromatic heterocycles. The molecule has 0 bridgehead atoms. The molecule has 2 saturated heterocycles. The van der Waals surface area contributed by atoms with Crippen LogP contribution in [-0.4, -0.2) is 49.2 Å². The standard InChI is InChI=1S/C19H25FN2O2/c1-24-17-13-22(16-7-3-6-15(20)12-16)19(17)8-10-21(11-9-19)18(23)14-4-2-5-14/h3,6-7,12,14,17H,2,4-5,8-11,13H2,1H3. The molecule has 2 aliphatic heterocycles. The maximum Gasteiger partial charge on any atom is 0.225 e. The Kier molecular flexibility index (Phi) is 3.99. The molecule has 1 atom stereocenters. The van der Waals surface area contributed by atoms with Crippen molar-refractivity contribution < 1.29 is 13.9 Å². The molecule has 4 nitrogen and oxygen atoms in total. The van der Waals surface area contributed by atoms with Crippen LogP contribution in [0.3, 0.4) is 0 Å². The number of likely N-dealkylation sites (tertiary alicyclic amines) is 1. The second-order valence-electron chi connectivity index (χ2n) is 7.37. The molecule has 3 aliphatic rings. The van der Waals surface area contributed by atoms with E-state index in [2.05, 4.69) is 4.90 Å². The molecule has 1 unspecified atom stereocenters. The van der Waals surface area contributed by atoms with Gasteiger partial charge in [0.1, 0.15) is 5.82 Å². The van der Waals surface area contributed by atoms with Gasteiger partial charge in [-0.2, -0.15) is 0 Å². The number of rotatable bonds is 3. The van der Waals surface area contributed by atoms with Gasteiger partial charge in [0.25, 0.3) is 0 Å². The third-order valence-electron chi connectivity index (χ3n) is 6.29. The van der Waals surface area contributed by atoms with Crippen molar-refractivity contribution in [2.24, 2.45) is 5.92 Å². The molecule has 1 spiro atoms. The van der Waals surface area contributed by atoms with E-state index in [1.54, 1.807) is 19.2 Å². The quantitative estimate of drug-likeness (QED) is 0.853. The molecule has 5 heteroatoms. The van der Waals surface area contributed by atoms with Crippen molar-refractivity contribution in [1.29, 1.82) is 0 Å². The summed E-state index contributed by atoms with van der Waals surface area (Å²) in [5, 5.41) is 0. The normalized spacial score (nSPS) is 26.2. The Morgan fingerprint density at radius 2 is 2.04 bits per heavy atom. The Morgan fingerprint density at radius 1 is 1.29 bits per heavy atom. The van der Waals surface area contributed by atoms with Crippen molar-refractivity contribution in [2.75, 3.05) is 31.6 Å². The molecule has 130 valence electrons. The Morgan fingerprint density at radius 3 is 2.62 bits per heavy atom. The summed E-state index contributed by atoms with van der Waals surface area (Å²) in [5.74, 6) is 0.390. The monoisotopic (exact) mass is 332 g/mol. The van der Waals surface area contributed by atoms with Crippen LogP contribution in [0.15, 0.2) is 24.3 Å². The first-order chi connectivity index (χ1) is 11.6. The van der Waals surface area contributed by atoms with Gasteiger partial charge in [-0.25, -0.2) is 4.39 Å². The number of methoxy groups -OCH3 is 1. The zero-order valence-electron chi connectivity index (χ0n) is 14.2. The molecular formula is C19H25FN2O2. The number of nitrogens with zero attached hydrogens (tertiary/aromatic N) is 2. The molecule has 1 aromatic carbocycles. The second-order valence-corrected chi connectivity index (χ2v) is 7.37. The number of carbonyl (C=O) groups excluding carboxylic acids is 1.